The molecule has 0 bridgehead atoms. The molecule has 0 saturated carbocycles. The highest BCUT2D eigenvalue weighted by Gasteiger charge is 2.27. The molecule has 1 amide bonds. The largest absolute Gasteiger partial charge is 0.398 e. The van der Waals surface area contributed by atoms with Gasteiger partial charge in [-0.3, -0.25) is 4.79 Å². The first-order valence-corrected chi connectivity index (χ1v) is 9.02. The Morgan fingerprint density at radius 3 is 2.64 bits per heavy atom. The van der Waals surface area contributed by atoms with Crippen LogP contribution in [0, 0.1) is 0 Å². The van der Waals surface area contributed by atoms with Crippen molar-refractivity contribution in [3.05, 3.63) is 59.1 Å². The molecule has 0 fully saturated rings. The molecule has 0 spiro atoms. The van der Waals surface area contributed by atoms with Gasteiger partial charge < -0.3 is 15.2 Å². The van der Waals surface area contributed by atoms with Crippen LogP contribution in [-0.4, -0.2) is 14.3 Å². The van der Waals surface area contributed by atoms with Crippen molar-refractivity contribution in [2.75, 3.05) is 11.1 Å². The van der Waals surface area contributed by atoms with Crippen LogP contribution < -0.4 is 15.2 Å². The molecule has 25 heavy (non-hydrogen) atoms. The number of benzene rings is 3. The summed E-state index contributed by atoms with van der Waals surface area (Å²) in [7, 11) is -4.13. The molecule has 8 heteroatoms. The monoisotopic (exact) mass is 374 g/mol. The van der Waals surface area contributed by atoms with Crippen LogP contribution in [0.15, 0.2) is 53.4 Å². The van der Waals surface area contributed by atoms with Crippen LogP contribution in [0.1, 0.15) is 10.4 Å². The van der Waals surface area contributed by atoms with Gasteiger partial charge in [0.05, 0.1) is 10.7 Å². The van der Waals surface area contributed by atoms with Crippen LogP contribution in [-0.2, 0) is 10.1 Å². The molecule has 1 aliphatic rings. The molecule has 0 atom stereocenters. The van der Waals surface area contributed by atoms with E-state index in [1.807, 2.05) is 0 Å². The Hall–Kier alpha value is -2.77. The van der Waals surface area contributed by atoms with Crippen LogP contribution in [0.3, 0.4) is 0 Å². The van der Waals surface area contributed by atoms with Gasteiger partial charge in [-0.1, -0.05) is 23.7 Å². The van der Waals surface area contributed by atoms with Gasteiger partial charge in [0.15, 0.2) is 0 Å². The van der Waals surface area contributed by atoms with Gasteiger partial charge >= 0.3 is 10.1 Å². The quantitative estimate of drug-likeness (QED) is 0.540. The predicted molar refractivity (Wildman–Crippen MR) is 95.6 cm³/mol. The van der Waals surface area contributed by atoms with E-state index in [2.05, 4.69) is 5.32 Å². The van der Waals surface area contributed by atoms with Gasteiger partial charge in [-0.2, -0.15) is 8.42 Å². The fourth-order valence-corrected chi connectivity index (χ4v) is 4.10. The van der Waals surface area contributed by atoms with Gasteiger partial charge in [0, 0.05) is 28.1 Å². The van der Waals surface area contributed by atoms with Crippen LogP contribution in [0.5, 0.6) is 5.75 Å². The number of carbonyl (C=O) groups excluding carboxylic acids is 1. The number of amides is 1. The second-order valence-electron chi connectivity index (χ2n) is 5.51. The van der Waals surface area contributed by atoms with Crippen molar-refractivity contribution in [2.24, 2.45) is 0 Å². The number of nitrogen functional groups attached to an aromatic ring is 1. The SMILES string of the molecule is Nc1ccc(OS(=O)(=O)c2ccc3c4c(cccc24)C(=O)N3)cc1Cl. The van der Waals surface area contributed by atoms with Gasteiger partial charge in [0.1, 0.15) is 10.6 Å². The van der Waals surface area contributed by atoms with Crippen LogP contribution >= 0.6 is 11.6 Å². The summed E-state index contributed by atoms with van der Waals surface area (Å²) in [5.74, 6) is -0.210. The molecule has 1 aliphatic heterocycles. The first-order chi connectivity index (χ1) is 11.9. The molecule has 0 aromatic heterocycles. The molecule has 4 rings (SSSR count). The zero-order chi connectivity index (χ0) is 17.8. The standard InChI is InChI=1S/C17H11ClN2O4S/c18-12-8-9(4-5-13(12)19)24-25(22,23)15-7-6-14-16-10(15)2-1-3-11(16)17(21)20-14/h1-8H,19H2,(H,20,21). The van der Waals surface area contributed by atoms with Crippen molar-refractivity contribution in [1.82, 2.24) is 0 Å². The van der Waals surface area contributed by atoms with Crippen molar-refractivity contribution in [3.63, 3.8) is 0 Å². The van der Waals surface area contributed by atoms with Gasteiger partial charge in [-0.05, 0) is 30.3 Å². The Morgan fingerprint density at radius 2 is 1.88 bits per heavy atom. The third-order valence-electron chi connectivity index (χ3n) is 3.94. The Bertz CT molecular complexity index is 1160. The average Bonchev–Trinajstić information content (AvgIpc) is 2.89. The minimum absolute atomic E-state index is 0.0300. The highest BCUT2D eigenvalue weighted by Crippen LogP contribution is 2.37. The molecule has 0 unspecified atom stereocenters. The lowest BCUT2D eigenvalue weighted by molar-refractivity contribution is 0.103. The first-order valence-electron chi connectivity index (χ1n) is 7.23. The third-order valence-corrected chi connectivity index (χ3v) is 5.57. The molecule has 3 N–H and O–H groups in total. The van der Waals surface area contributed by atoms with E-state index < -0.39 is 10.1 Å². The summed E-state index contributed by atoms with van der Waals surface area (Å²) in [6, 6.07) is 12.1. The van der Waals surface area contributed by atoms with Crippen LogP contribution in [0.4, 0.5) is 11.4 Å². The Labute approximate surface area is 148 Å². The fraction of sp³-hybridized carbons (Fsp3) is 0. The number of carbonyl (C=O) groups is 1. The lowest BCUT2D eigenvalue weighted by Crippen LogP contribution is -2.10. The van der Waals surface area contributed by atoms with Crippen LogP contribution in [0.2, 0.25) is 5.02 Å². The zero-order valence-corrected chi connectivity index (χ0v) is 14.2. The number of anilines is 2. The summed E-state index contributed by atoms with van der Waals surface area (Å²) in [6.07, 6.45) is 0. The average molecular weight is 375 g/mol. The maximum Gasteiger partial charge on any atom is 0.339 e. The summed E-state index contributed by atoms with van der Waals surface area (Å²) in [5, 5.41) is 3.88. The predicted octanol–water partition coefficient (Wildman–Crippen LogP) is 3.41. The molecule has 126 valence electrons. The highest BCUT2D eigenvalue weighted by atomic mass is 35.5. The molecule has 6 nitrogen and oxygen atoms in total. The van der Waals surface area contributed by atoms with Crippen molar-refractivity contribution in [2.45, 2.75) is 4.90 Å². The first kappa shape index (κ1) is 15.7. The summed E-state index contributed by atoms with van der Waals surface area (Å²) < 4.78 is 30.7. The van der Waals surface area contributed by atoms with Crippen molar-refractivity contribution >= 4 is 49.8 Å². The number of rotatable bonds is 3. The lowest BCUT2D eigenvalue weighted by Gasteiger charge is -2.11. The molecular formula is C17H11ClN2O4S. The molecule has 0 aliphatic carbocycles. The minimum atomic E-state index is -4.13. The maximum absolute atomic E-state index is 12.7. The minimum Gasteiger partial charge on any atom is -0.398 e. The summed E-state index contributed by atoms with van der Waals surface area (Å²) in [6.45, 7) is 0. The smallest absolute Gasteiger partial charge is 0.339 e. The highest BCUT2D eigenvalue weighted by molar-refractivity contribution is 7.87. The topological polar surface area (TPSA) is 98.5 Å². The van der Waals surface area contributed by atoms with E-state index >= 15 is 0 Å². The van der Waals surface area contributed by atoms with E-state index in [-0.39, 0.29) is 21.6 Å². The number of hydrogen-bond donors (Lipinski definition) is 2. The van der Waals surface area contributed by atoms with E-state index in [1.54, 1.807) is 24.3 Å². The van der Waals surface area contributed by atoms with E-state index in [1.165, 1.54) is 24.3 Å². The van der Waals surface area contributed by atoms with Gasteiger partial charge in [-0.15, -0.1) is 0 Å². The van der Waals surface area contributed by atoms with Crippen molar-refractivity contribution in [1.29, 1.82) is 0 Å². The van der Waals surface area contributed by atoms with E-state index in [9.17, 15) is 13.2 Å². The Balaban J connectivity index is 1.85. The second kappa shape index (κ2) is 5.37. The van der Waals surface area contributed by atoms with E-state index in [4.69, 9.17) is 21.5 Å². The molecule has 3 aromatic rings. The Kier molecular flexibility index (Phi) is 3.38. The molecular weight excluding hydrogens is 364 g/mol. The van der Waals surface area contributed by atoms with Gasteiger partial charge in [0.2, 0.25) is 0 Å². The maximum atomic E-state index is 12.7. The summed E-state index contributed by atoms with van der Waals surface area (Å²) in [5.41, 5.74) is 6.94. The number of halogens is 1. The normalized spacial score (nSPS) is 13.1. The number of nitrogens with two attached hydrogens (primary N) is 1. The zero-order valence-electron chi connectivity index (χ0n) is 12.6. The fourth-order valence-electron chi connectivity index (χ4n) is 2.81. The Morgan fingerprint density at radius 1 is 1.08 bits per heavy atom. The van der Waals surface area contributed by atoms with Crippen LogP contribution in [0.25, 0.3) is 10.8 Å². The van der Waals surface area contributed by atoms with Gasteiger partial charge in [-0.25, -0.2) is 0 Å². The molecule has 0 saturated heterocycles. The van der Waals surface area contributed by atoms with Gasteiger partial charge in [0.25, 0.3) is 5.91 Å². The molecule has 0 radical (unpaired) electrons. The number of nitrogens with one attached hydrogen (secondary N) is 1. The van der Waals surface area contributed by atoms with E-state index in [0.717, 1.165) is 0 Å². The lowest BCUT2D eigenvalue weighted by atomic mass is 10.1. The summed E-state index contributed by atoms with van der Waals surface area (Å²) >= 11 is 5.90. The molecule has 3 aromatic carbocycles. The summed E-state index contributed by atoms with van der Waals surface area (Å²) in [4.78, 5) is 11.9. The number of hydrogen-bond acceptors (Lipinski definition) is 5. The van der Waals surface area contributed by atoms with Crippen molar-refractivity contribution < 1.29 is 17.4 Å². The van der Waals surface area contributed by atoms with Crippen molar-refractivity contribution in [3.8, 4) is 5.75 Å². The molecule has 1 heterocycles. The third kappa shape index (κ3) is 2.48. The second-order valence-corrected chi connectivity index (χ2v) is 7.44. The van der Waals surface area contributed by atoms with E-state index in [0.29, 0.717) is 27.7 Å².